The minimum Gasteiger partial charge on any atom is -0.376 e. The Morgan fingerprint density at radius 2 is 2.11 bits per heavy atom. The predicted octanol–water partition coefficient (Wildman–Crippen LogP) is 3.90. The van der Waals surface area contributed by atoms with Crippen molar-refractivity contribution in [1.29, 1.82) is 0 Å². The number of benzene rings is 1. The van der Waals surface area contributed by atoms with Gasteiger partial charge in [-0.05, 0) is 37.3 Å². The van der Waals surface area contributed by atoms with Crippen LogP contribution in [0, 0.1) is 0 Å². The topological polar surface area (TPSA) is 29.3 Å². The van der Waals surface area contributed by atoms with Gasteiger partial charge in [-0.2, -0.15) is 13.2 Å². The molecule has 0 saturated heterocycles. The molecule has 2 N–H and O–H groups in total. The Hall–Kier alpha value is -1.27. The van der Waals surface area contributed by atoms with Gasteiger partial charge in [0.05, 0.1) is 12.1 Å². The zero-order valence-corrected chi connectivity index (χ0v) is 11.6. The molecule has 0 spiro atoms. The summed E-state index contributed by atoms with van der Waals surface area (Å²) >= 11 is 10.7. The maximum atomic E-state index is 12.6. The molecule has 0 fully saturated rings. The molecule has 1 aromatic rings. The first-order valence-electron chi connectivity index (χ1n) is 5.30. The van der Waals surface area contributed by atoms with Crippen LogP contribution in [0.2, 0.25) is 0 Å². The Balaban J connectivity index is 3.14. The van der Waals surface area contributed by atoms with Crippen LogP contribution in [0.1, 0.15) is 12.5 Å². The monoisotopic (exact) mass is 308 g/mol. The lowest BCUT2D eigenvalue weighted by atomic mass is 10.2. The second kappa shape index (κ2) is 6.25. The molecule has 0 radical (unpaired) electrons. The van der Waals surface area contributed by atoms with Crippen molar-refractivity contribution in [3.8, 4) is 0 Å². The first kappa shape index (κ1) is 15.8. The zero-order chi connectivity index (χ0) is 14.6. The van der Waals surface area contributed by atoms with Crippen LogP contribution in [-0.2, 0) is 6.18 Å². The first-order valence-corrected chi connectivity index (χ1v) is 6.09. The fourth-order valence-electron chi connectivity index (χ4n) is 1.39. The van der Waals surface area contributed by atoms with Crippen LogP contribution in [0.25, 0.3) is 0 Å². The third-order valence-electron chi connectivity index (χ3n) is 2.37. The van der Waals surface area contributed by atoms with E-state index < -0.39 is 11.7 Å². The van der Waals surface area contributed by atoms with Crippen molar-refractivity contribution >= 4 is 34.6 Å². The third-order valence-corrected chi connectivity index (χ3v) is 2.93. The van der Waals surface area contributed by atoms with Gasteiger partial charge in [-0.1, -0.05) is 23.7 Å². The predicted molar refractivity (Wildman–Crippen MR) is 75.2 cm³/mol. The van der Waals surface area contributed by atoms with Crippen LogP contribution in [0.15, 0.2) is 35.4 Å². The van der Waals surface area contributed by atoms with E-state index in [0.717, 1.165) is 12.1 Å². The van der Waals surface area contributed by atoms with Crippen molar-refractivity contribution < 1.29 is 13.2 Å². The maximum absolute atomic E-state index is 12.6. The van der Waals surface area contributed by atoms with Crippen molar-refractivity contribution in [1.82, 2.24) is 0 Å². The van der Waals surface area contributed by atoms with Crippen molar-refractivity contribution in [2.45, 2.75) is 13.1 Å². The molecular weight excluding hydrogens is 297 g/mol. The summed E-state index contributed by atoms with van der Waals surface area (Å²) in [6.45, 7) is 1.85. The number of alkyl halides is 3. The van der Waals surface area contributed by atoms with Crippen LogP contribution in [-0.4, -0.2) is 11.7 Å². The standard InChI is InChI=1S/C12H12ClF3N2S/c1-2-9(13)7-18(11(17)19)10-5-3-4-8(6-10)12(14,15)16/h2-6H,7H2,1H3,(H2,17,19)/b9-2-. The molecule has 1 rings (SSSR count). The summed E-state index contributed by atoms with van der Waals surface area (Å²) in [6.07, 6.45) is -2.79. The van der Waals surface area contributed by atoms with Crippen molar-refractivity contribution in [3.63, 3.8) is 0 Å². The molecule has 0 heterocycles. The van der Waals surface area contributed by atoms with E-state index in [-0.39, 0.29) is 17.3 Å². The lowest BCUT2D eigenvalue weighted by Crippen LogP contribution is -2.36. The molecule has 0 aromatic heterocycles. The van der Waals surface area contributed by atoms with E-state index in [4.69, 9.17) is 29.6 Å². The van der Waals surface area contributed by atoms with Crippen LogP contribution >= 0.6 is 23.8 Å². The van der Waals surface area contributed by atoms with Crippen LogP contribution in [0.5, 0.6) is 0 Å². The summed E-state index contributed by atoms with van der Waals surface area (Å²) in [5.41, 5.74) is 5.01. The highest BCUT2D eigenvalue weighted by molar-refractivity contribution is 7.80. The van der Waals surface area contributed by atoms with Gasteiger partial charge < -0.3 is 10.6 Å². The number of rotatable bonds is 3. The summed E-state index contributed by atoms with van der Waals surface area (Å²) in [7, 11) is 0. The summed E-state index contributed by atoms with van der Waals surface area (Å²) in [6, 6.07) is 4.76. The van der Waals surface area contributed by atoms with Gasteiger partial charge in [0.25, 0.3) is 0 Å². The number of halogens is 4. The van der Waals surface area contributed by atoms with Gasteiger partial charge >= 0.3 is 6.18 Å². The van der Waals surface area contributed by atoms with Crippen molar-refractivity contribution in [2.24, 2.45) is 5.73 Å². The van der Waals surface area contributed by atoms with Crippen molar-refractivity contribution in [3.05, 3.63) is 40.9 Å². The molecule has 0 bridgehead atoms. The minimum atomic E-state index is -4.41. The maximum Gasteiger partial charge on any atom is 0.416 e. The highest BCUT2D eigenvalue weighted by atomic mass is 35.5. The number of nitrogens with two attached hydrogens (primary N) is 1. The SMILES string of the molecule is C/C=C(\Cl)CN(C(N)=S)c1cccc(C(F)(F)F)c1. The van der Waals surface area contributed by atoms with E-state index in [1.807, 2.05) is 0 Å². The molecule has 0 unspecified atom stereocenters. The highest BCUT2D eigenvalue weighted by Gasteiger charge is 2.31. The summed E-state index contributed by atoms with van der Waals surface area (Å²) in [4.78, 5) is 1.34. The second-order valence-corrected chi connectivity index (χ2v) is 4.61. The minimum absolute atomic E-state index is 0.0423. The molecular formula is C12H12ClF3N2S. The Bertz CT molecular complexity index is 500. The Morgan fingerprint density at radius 1 is 1.47 bits per heavy atom. The van der Waals surface area contributed by atoms with Gasteiger partial charge in [0, 0.05) is 10.7 Å². The lowest BCUT2D eigenvalue weighted by molar-refractivity contribution is -0.137. The molecule has 0 saturated carbocycles. The molecule has 7 heteroatoms. The molecule has 1 aromatic carbocycles. The number of nitrogens with zero attached hydrogens (tertiary/aromatic N) is 1. The van der Waals surface area contributed by atoms with E-state index in [1.54, 1.807) is 13.0 Å². The Labute approximate surface area is 119 Å². The highest BCUT2D eigenvalue weighted by Crippen LogP contribution is 2.31. The van der Waals surface area contributed by atoms with Gasteiger partial charge in [0.1, 0.15) is 0 Å². The first-order chi connectivity index (χ1) is 8.75. The fourth-order valence-corrected chi connectivity index (χ4v) is 1.68. The van der Waals surface area contributed by atoms with Gasteiger partial charge in [-0.3, -0.25) is 0 Å². The number of anilines is 1. The fraction of sp³-hybridized carbons (Fsp3) is 0.250. The number of thiocarbonyl (C=S) groups is 1. The molecule has 2 nitrogen and oxygen atoms in total. The van der Waals surface area contributed by atoms with E-state index in [9.17, 15) is 13.2 Å². The van der Waals surface area contributed by atoms with E-state index in [0.29, 0.717) is 5.03 Å². The molecule has 0 atom stereocenters. The molecule has 104 valence electrons. The number of hydrogen-bond acceptors (Lipinski definition) is 1. The summed E-state index contributed by atoms with van der Waals surface area (Å²) in [5, 5.41) is 0.393. The number of hydrogen-bond donors (Lipinski definition) is 1. The average Bonchev–Trinajstić information content (AvgIpc) is 2.34. The Morgan fingerprint density at radius 3 is 2.58 bits per heavy atom. The summed E-state index contributed by atoms with van der Waals surface area (Å²) < 4.78 is 37.9. The molecule has 19 heavy (non-hydrogen) atoms. The lowest BCUT2D eigenvalue weighted by Gasteiger charge is -2.23. The number of allylic oxidation sites excluding steroid dienone is 1. The normalized spacial score (nSPS) is 12.4. The smallest absolute Gasteiger partial charge is 0.376 e. The second-order valence-electron chi connectivity index (χ2n) is 3.71. The molecule has 0 amide bonds. The quantitative estimate of drug-likeness (QED) is 0.859. The van der Waals surface area contributed by atoms with Gasteiger partial charge in [-0.15, -0.1) is 0 Å². The van der Waals surface area contributed by atoms with Gasteiger partial charge in [0.15, 0.2) is 5.11 Å². The van der Waals surface area contributed by atoms with Gasteiger partial charge in [0.2, 0.25) is 0 Å². The van der Waals surface area contributed by atoms with Crippen LogP contribution in [0.4, 0.5) is 18.9 Å². The van der Waals surface area contributed by atoms with E-state index in [1.165, 1.54) is 17.0 Å². The largest absolute Gasteiger partial charge is 0.416 e. The average molecular weight is 309 g/mol. The van der Waals surface area contributed by atoms with Crippen LogP contribution in [0.3, 0.4) is 0 Å². The Kier molecular flexibility index (Phi) is 5.20. The molecule has 0 aliphatic heterocycles. The van der Waals surface area contributed by atoms with Crippen LogP contribution < -0.4 is 10.6 Å². The van der Waals surface area contributed by atoms with Crippen molar-refractivity contribution in [2.75, 3.05) is 11.4 Å². The zero-order valence-electron chi connectivity index (χ0n) is 10.0. The summed E-state index contributed by atoms with van der Waals surface area (Å²) in [5.74, 6) is 0. The van der Waals surface area contributed by atoms with Gasteiger partial charge in [-0.25, -0.2) is 0 Å². The van der Waals surface area contributed by atoms with E-state index in [2.05, 4.69) is 0 Å². The third kappa shape index (κ3) is 4.40. The molecule has 0 aliphatic carbocycles. The molecule has 0 aliphatic rings. The van der Waals surface area contributed by atoms with E-state index >= 15 is 0 Å².